The zero-order chi connectivity index (χ0) is 12.7. The van der Waals surface area contributed by atoms with Crippen molar-refractivity contribution in [3.63, 3.8) is 0 Å². The van der Waals surface area contributed by atoms with E-state index in [1.807, 2.05) is 0 Å². The zero-order valence-corrected chi connectivity index (χ0v) is 10.00. The van der Waals surface area contributed by atoms with Crippen molar-refractivity contribution in [2.24, 2.45) is 17.3 Å². The summed E-state index contributed by atoms with van der Waals surface area (Å²) in [6, 6.07) is 0. The highest BCUT2D eigenvalue weighted by molar-refractivity contribution is 5.92. The molecule has 0 aromatic heterocycles. The number of hydrogen-bond acceptors (Lipinski definition) is 2. The van der Waals surface area contributed by atoms with Crippen LogP contribution < -0.4 is 5.32 Å². The highest BCUT2D eigenvalue weighted by Crippen LogP contribution is 2.58. The Bertz CT molecular complexity index is 376. The number of carbonyl (C=O) groups excluding carboxylic acids is 1. The Kier molecular flexibility index (Phi) is 2.76. The smallest absolute Gasteiger partial charge is 0.307 e. The number of terminal acetylenes is 1. The maximum Gasteiger partial charge on any atom is 0.307 e. The SMILES string of the molecule is C#CC(C)(C)NC(=O)C1C(C(=O)O)C1(C)C. The molecule has 1 aliphatic carbocycles. The molecule has 0 bridgehead atoms. The van der Waals surface area contributed by atoms with E-state index >= 15 is 0 Å². The van der Waals surface area contributed by atoms with E-state index < -0.39 is 28.8 Å². The van der Waals surface area contributed by atoms with Gasteiger partial charge in [0.1, 0.15) is 0 Å². The van der Waals surface area contributed by atoms with Crippen LogP contribution in [0.5, 0.6) is 0 Å². The van der Waals surface area contributed by atoms with Gasteiger partial charge < -0.3 is 10.4 Å². The molecule has 0 aromatic carbocycles. The van der Waals surface area contributed by atoms with Gasteiger partial charge in [0.05, 0.1) is 17.4 Å². The quantitative estimate of drug-likeness (QED) is 0.698. The van der Waals surface area contributed by atoms with Gasteiger partial charge in [-0.3, -0.25) is 9.59 Å². The van der Waals surface area contributed by atoms with Gasteiger partial charge in [0.15, 0.2) is 0 Å². The number of nitrogens with one attached hydrogen (secondary N) is 1. The third kappa shape index (κ3) is 2.04. The molecule has 2 unspecified atom stereocenters. The van der Waals surface area contributed by atoms with Gasteiger partial charge in [-0.15, -0.1) is 6.42 Å². The van der Waals surface area contributed by atoms with Crippen LogP contribution in [0.1, 0.15) is 27.7 Å². The molecule has 1 rings (SSSR count). The number of rotatable bonds is 3. The number of carboxylic acids is 1. The lowest BCUT2D eigenvalue weighted by molar-refractivity contribution is -0.140. The van der Waals surface area contributed by atoms with E-state index in [-0.39, 0.29) is 5.91 Å². The molecule has 0 aromatic rings. The van der Waals surface area contributed by atoms with Crippen LogP contribution in [0.3, 0.4) is 0 Å². The first kappa shape index (κ1) is 12.6. The maximum atomic E-state index is 11.8. The summed E-state index contributed by atoms with van der Waals surface area (Å²) in [6.45, 7) is 6.96. The van der Waals surface area contributed by atoms with E-state index in [1.54, 1.807) is 27.7 Å². The third-order valence-corrected chi connectivity index (χ3v) is 3.17. The van der Waals surface area contributed by atoms with Gasteiger partial charge in [-0.2, -0.15) is 0 Å². The van der Waals surface area contributed by atoms with E-state index in [4.69, 9.17) is 11.5 Å². The minimum absolute atomic E-state index is 0.277. The minimum atomic E-state index is -0.927. The molecule has 2 atom stereocenters. The van der Waals surface area contributed by atoms with Crippen LogP contribution in [0.25, 0.3) is 0 Å². The summed E-state index contributed by atoms with van der Waals surface area (Å²) in [7, 11) is 0. The lowest BCUT2D eigenvalue weighted by Crippen LogP contribution is -2.43. The summed E-state index contributed by atoms with van der Waals surface area (Å²) in [6.07, 6.45) is 5.26. The van der Waals surface area contributed by atoms with Gasteiger partial charge in [-0.1, -0.05) is 19.8 Å². The van der Waals surface area contributed by atoms with Crippen molar-refractivity contribution < 1.29 is 14.7 Å². The highest BCUT2D eigenvalue weighted by Gasteiger charge is 2.66. The van der Waals surface area contributed by atoms with Gasteiger partial charge in [0.25, 0.3) is 0 Å². The molecule has 1 fully saturated rings. The first-order chi connectivity index (χ1) is 7.13. The predicted octanol–water partition coefficient (Wildman–Crippen LogP) is 0.871. The molecule has 1 saturated carbocycles. The molecule has 0 aliphatic heterocycles. The molecule has 1 aliphatic rings. The molecule has 0 radical (unpaired) electrons. The summed E-state index contributed by atoms with van der Waals surface area (Å²) in [5.74, 6) is 0.144. The Labute approximate surface area is 95.4 Å². The average Bonchev–Trinajstić information content (AvgIpc) is 2.68. The van der Waals surface area contributed by atoms with Gasteiger partial charge in [-0.25, -0.2) is 0 Å². The standard InChI is InChI=1S/C12H17NO3/c1-6-11(2,3)13-9(14)7-8(10(15)16)12(7,4)5/h1,7-8H,2-5H3,(H,13,14)(H,15,16). The van der Waals surface area contributed by atoms with Crippen LogP contribution in [-0.4, -0.2) is 22.5 Å². The first-order valence-corrected chi connectivity index (χ1v) is 5.16. The molecule has 4 heteroatoms. The van der Waals surface area contributed by atoms with E-state index in [0.717, 1.165) is 0 Å². The Morgan fingerprint density at radius 3 is 2.19 bits per heavy atom. The molecule has 88 valence electrons. The van der Waals surface area contributed by atoms with Crippen molar-refractivity contribution in [1.82, 2.24) is 5.32 Å². The largest absolute Gasteiger partial charge is 0.481 e. The highest BCUT2D eigenvalue weighted by atomic mass is 16.4. The van der Waals surface area contributed by atoms with Crippen molar-refractivity contribution in [3.8, 4) is 12.3 Å². The van der Waals surface area contributed by atoms with Crippen molar-refractivity contribution in [2.75, 3.05) is 0 Å². The van der Waals surface area contributed by atoms with Gasteiger partial charge in [-0.05, 0) is 19.3 Å². The molecule has 2 N–H and O–H groups in total. The molecule has 16 heavy (non-hydrogen) atoms. The second kappa shape index (κ2) is 3.51. The number of carbonyl (C=O) groups is 2. The Balaban J connectivity index is 2.73. The average molecular weight is 223 g/mol. The molecular weight excluding hydrogens is 206 g/mol. The number of hydrogen-bond donors (Lipinski definition) is 2. The van der Waals surface area contributed by atoms with Crippen LogP contribution >= 0.6 is 0 Å². The predicted molar refractivity (Wildman–Crippen MR) is 59.5 cm³/mol. The first-order valence-electron chi connectivity index (χ1n) is 5.16. The fraction of sp³-hybridized carbons (Fsp3) is 0.667. The van der Waals surface area contributed by atoms with Crippen molar-refractivity contribution in [2.45, 2.75) is 33.2 Å². The molecule has 0 heterocycles. The maximum absolute atomic E-state index is 11.8. The van der Waals surface area contributed by atoms with E-state index in [0.29, 0.717) is 0 Å². The van der Waals surface area contributed by atoms with Gasteiger partial charge in [0.2, 0.25) is 5.91 Å². The van der Waals surface area contributed by atoms with Crippen LogP contribution in [0.4, 0.5) is 0 Å². The summed E-state index contributed by atoms with van der Waals surface area (Å²) in [4.78, 5) is 22.7. The number of aliphatic carboxylic acids is 1. The van der Waals surface area contributed by atoms with Crippen molar-refractivity contribution >= 4 is 11.9 Å². The number of amides is 1. The normalized spacial score (nSPS) is 26.7. The third-order valence-electron chi connectivity index (χ3n) is 3.17. The lowest BCUT2D eigenvalue weighted by Gasteiger charge is -2.19. The minimum Gasteiger partial charge on any atom is -0.481 e. The van der Waals surface area contributed by atoms with Gasteiger partial charge >= 0.3 is 5.97 Å². The van der Waals surface area contributed by atoms with Crippen LogP contribution in [0, 0.1) is 29.6 Å². The monoisotopic (exact) mass is 223 g/mol. The van der Waals surface area contributed by atoms with E-state index in [9.17, 15) is 9.59 Å². The second-order valence-electron chi connectivity index (χ2n) is 5.37. The summed E-state index contributed by atoms with van der Waals surface area (Å²) < 4.78 is 0. The van der Waals surface area contributed by atoms with Crippen molar-refractivity contribution in [1.29, 1.82) is 0 Å². The van der Waals surface area contributed by atoms with E-state index in [1.165, 1.54) is 0 Å². The van der Waals surface area contributed by atoms with Gasteiger partial charge in [0, 0.05) is 0 Å². The molecule has 0 saturated heterocycles. The number of carboxylic acid groups (broad SMARTS) is 1. The topological polar surface area (TPSA) is 66.4 Å². The molecule has 4 nitrogen and oxygen atoms in total. The fourth-order valence-corrected chi connectivity index (χ4v) is 2.01. The van der Waals surface area contributed by atoms with Crippen molar-refractivity contribution in [3.05, 3.63) is 0 Å². The van der Waals surface area contributed by atoms with Crippen LogP contribution in [0.15, 0.2) is 0 Å². The lowest BCUT2D eigenvalue weighted by atomic mass is 10.1. The second-order valence-corrected chi connectivity index (χ2v) is 5.37. The summed E-state index contributed by atoms with van der Waals surface area (Å²) >= 11 is 0. The van der Waals surface area contributed by atoms with Crippen LogP contribution in [0.2, 0.25) is 0 Å². The fourth-order valence-electron chi connectivity index (χ4n) is 2.01. The Morgan fingerprint density at radius 1 is 1.38 bits per heavy atom. The Hall–Kier alpha value is -1.50. The molecule has 1 amide bonds. The summed E-state index contributed by atoms with van der Waals surface area (Å²) in [5.41, 5.74) is -1.22. The van der Waals surface area contributed by atoms with E-state index in [2.05, 4.69) is 11.2 Å². The summed E-state index contributed by atoms with van der Waals surface area (Å²) in [5, 5.41) is 11.6. The molecule has 0 spiro atoms. The van der Waals surface area contributed by atoms with Crippen LogP contribution in [-0.2, 0) is 9.59 Å². The Morgan fingerprint density at radius 2 is 1.88 bits per heavy atom. The molecular formula is C12H17NO3. The zero-order valence-electron chi connectivity index (χ0n) is 10.00.